The van der Waals surface area contributed by atoms with Crippen LogP contribution in [0, 0.1) is 12.3 Å². The van der Waals surface area contributed by atoms with Crippen molar-refractivity contribution in [2.45, 2.75) is 25.9 Å². The summed E-state index contributed by atoms with van der Waals surface area (Å²) in [6.07, 6.45) is 3.98. The molecule has 10 heteroatoms. The van der Waals surface area contributed by atoms with Crippen molar-refractivity contribution >= 4 is 39.9 Å². The van der Waals surface area contributed by atoms with E-state index < -0.39 is 0 Å². The molecule has 1 saturated heterocycles. The predicted molar refractivity (Wildman–Crippen MR) is 140 cm³/mol. The fourth-order valence-corrected chi connectivity index (χ4v) is 4.52. The number of rotatable bonds is 9. The van der Waals surface area contributed by atoms with Crippen molar-refractivity contribution in [1.29, 1.82) is 5.41 Å². The first kappa shape index (κ1) is 24.0. The Morgan fingerprint density at radius 3 is 2.83 bits per heavy atom. The van der Waals surface area contributed by atoms with Crippen LogP contribution in [0.15, 0.2) is 54.7 Å². The van der Waals surface area contributed by atoms with Gasteiger partial charge in [0.05, 0.1) is 41.7 Å². The molecule has 9 nitrogen and oxygen atoms in total. The summed E-state index contributed by atoms with van der Waals surface area (Å²) in [6, 6.07) is 13.8. The molecule has 0 spiro atoms. The van der Waals surface area contributed by atoms with Crippen LogP contribution in [-0.2, 0) is 16.1 Å². The highest BCUT2D eigenvalue weighted by Gasteiger charge is 2.20. The molecule has 186 valence electrons. The van der Waals surface area contributed by atoms with Gasteiger partial charge in [-0.3, -0.25) is 14.6 Å². The number of halogens is 1. The number of carbonyl (C=O) groups is 1. The van der Waals surface area contributed by atoms with Crippen LogP contribution < -0.4 is 5.32 Å². The van der Waals surface area contributed by atoms with Gasteiger partial charge in [0.25, 0.3) is 0 Å². The minimum absolute atomic E-state index is 0.00797. The van der Waals surface area contributed by atoms with E-state index in [2.05, 4.69) is 20.1 Å². The lowest BCUT2D eigenvalue weighted by atomic mass is 10.2. The number of aromatic nitrogens is 4. The summed E-state index contributed by atoms with van der Waals surface area (Å²) in [4.78, 5) is 14.0. The average molecular weight is 506 g/mol. The zero-order valence-electron chi connectivity index (χ0n) is 20.2. The molecular weight excluding hydrogens is 478 g/mol. The number of hydrogen-bond acceptors (Lipinski definition) is 6. The number of fused-ring (bicyclic) bond motifs is 3. The second kappa shape index (κ2) is 10.1. The van der Waals surface area contributed by atoms with E-state index in [9.17, 15) is 4.79 Å². The lowest BCUT2D eigenvalue weighted by Crippen LogP contribution is -2.48. The van der Waals surface area contributed by atoms with Crippen LogP contribution in [0.3, 0.4) is 0 Å². The van der Waals surface area contributed by atoms with Gasteiger partial charge in [-0.1, -0.05) is 23.7 Å². The fraction of sp³-hybridized carbons (Fsp3) is 0.308. The molecule has 0 aliphatic carbocycles. The van der Waals surface area contributed by atoms with Crippen LogP contribution in [0.4, 0.5) is 0 Å². The predicted octanol–water partition coefficient (Wildman–Crippen LogP) is 3.41. The Bertz CT molecular complexity index is 1470. The third kappa shape index (κ3) is 4.98. The molecule has 4 aromatic rings. The van der Waals surface area contributed by atoms with Crippen LogP contribution in [0.25, 0.3) is 16.7 Å². The van der Waals surface area contributed by atoms with Gasteiger partial charge in [0.1, 0.15) is 5.82 Å². The Morgan fingerprint density at radius 2 is 2.08 bits per heavy atom. The van der Waals surface area contributed by atoms with E-state index in [1.807, 2.05) is 71.9 Å². The summed E-state index contributed by atoms with van der Waals surface area (Å²) in [5.74, 6) is 0.796. The number of amides is 1. The third-order valence-electron chi connectivity index (χ3n) is 6.29. The Kier molecular flexibility index (Phi) is 6.75. The quantitative estimate of drug-likeness (QED) is 0.339. The van der Waals surface area contributed by atoms with Crippen LogP contribution in [-0.4, -0.2) is 68.5 Å². The summed E-state index contributed by atoms with van der Waals surface area (Å²) < 4.78 is 9.21. The minimum Gasteiger partial charge on any atom is -0.380 e. The van der Waals surface area contributed by atoms with Crippen LogP contribution >= 0.6 is 11.6 Å². The van der Waals surface area contributed by atoms with Gasteiger partial charge in [0.2, 0.25) is 5.91 Å². The molecule has 0 saturated carbocycles. The number of benzene rings is 1. The summed E-state index contributed by atoms with van der Waals surface area (Å²) >= 11 is 6.24. The van der Waals surface area contributed by atoms with Crippen molar-refractivity contribution in [2.24, 2.45) is 0 Å². The van der Waals surface area contributed by atoms with E-state index in [4.69, 9.17) is 21.7 Å². The van der Waals surface area contributed by atoms with Crippen LogP contribution in [0.5, 0.6) is 0 Å². The maximum Gasteiger partial charge on any atom is 0.222 e. The summed E-state index contributed by atoms with van der Waals surface area (Å²) in [6.45, 7) is 4.20. The number of hydrogen-bond donors (Lipinski definition) is 2. The van der Waals surface area contributed by atoms with E-state index in [0.29, 0.717) is 43.5 Å². The summed E-state index contributed by atoms with van der Waals surface area (Å²) in [5.41, 5.74) is 4.84. The lowest BCUT2D eigenvalue weighted by molar-refractivity contribution is -0.125. The second-order valence-corrected chi connectivity index (χ2v) is 9.49. The van der Waals surface area contributed by atoms with Gasteiger partial charge in [-0.15, -0.1) is 10.2 Å². The molecule has 5 rings (SSSR count). The molecule has 0 bridgehead atoms. The molecule has 1 aliphatic heterocycles. The van der Waals surface area contributed by atoms with Gasteiger partial charge < -0.3 is 19.5 Å². The topological polar surface area (TPSA) is 101 Å². The molecule has 1 aromatic carbocycles. The monoisotopic (exact) mass is 505 g/mol. The van der Waals surface area contributed by atoms with E-state index >= 15 is 0 Å². The Morgan fingerprint density at radius 1 is 1.25 bits per heavy atom. The van der Waals surface area contributed by atoms with Gasteiger partial charge in [-0.25, -0.2) is 0 Å². The maximum atomic E-state index is 12.1. The van der Waals surface area contributed by atoms with Crippen LogP contribution in [0.2, 0.25) is 5.02 Å². The molecule has 0 unspecified atom stereocenters. The number of pyridine rings is 1. The second-order valence-electron chi connectivity index (χ2n) is 9.05. The minimum atomic E-state index is 0.00797. The zero-order valence-corrected chi connectivity index (χ0v) is 21.0. The van der Waals surface area contributed by atoms with E-state index in [0.717, 1.165) is 33.8 Å². The molecule has 2 N–H and O–H groups in total. The van der Waals surface area contributed by atoms with Crippen molar-refractivity contribution in [3.05, 3.63) is 76.8 Å². The molecule has 1 fully saturated rings. The smallest absolute Gasteiger partial charge is 0.222 e. The maximum absolute atomic E-state index is 12.1. The number of ether oxygens (including phenoxy) is 1. The Hall–Kier alpha value is -3.69. The molecule has 0 atom stereocenters. The lowest BCUT2D eigenvalue weighted by Gasteiger charge is -2.27. The Labute approximate surface area is 213 Å². The van der Waals surface area contributed by atoms with Gasteiger partial charge in [-0.05, 0) is 48.9 Å². The molecule has 4 heterocycles. The third-order valence-corrected chi connectivity index (χ3v) is 6.53. The molecule has 0 radical (unpaired) electrons. The van der Waals surface area contributed by atoms with E-state index in [1.54, 1.807) is 6.08 Å². The van der Waals surface area contributed by atoms with Crippen molar-refractivity contribution in [3.8, 4) is 0 Å². The van der Waals surface area contributed by atoms with Crippen molar-refractivity contribution in [3.63, 3.8) is 0 Å². The first-order valence-electron chi connectivity index (χ1n) is 11.8. The van der Waals surface area contributed by atoms with E-state index in [-0.39, 0.29) is 11.9 Å². The highest BCUT2D eigenvalue weighted by atomic mass is 35.5. The number of carbonyl (C=O) groups excluding carboxylic acids is 1. The van der Waals surface area contributed by atoms with E-state index in [1.165, 1.54) is 0 Å². The largest absolute Gasteiger partial charge is 0.380 e. The SMILES string of the molecule is Cc1nnc2ccc3c(cc(C(=N)C=CN(C)CCC(=O)NC4COC4)n3Cc3cccc(Cl)c3)n12. The van der Waals surface area contributed by atoms with Crippen molar-refractivity contribution in [2.75, 3.05) is 26.8 Å². The standard InChI is InChI=1S/C26H28ClN7O2/c1-17-30-31-25-7-6-22-24(34(17)25)13-23(33(22)14-18-4-3-5-19(27)12-18)21(28)8-10-32(2)11-9-26(35)29-20-15-36-16-20/h3-8,10,12-13,20,28H,9,11,14-16H2,1-2H3,(H,29,35). The van der Waals surface area contributed by atoms with Crippen molar-refractivity contribution < 1.29 is 9.53 Å². The van der Waals surface area contributed by atoms with Gasteiger partial charge >= 0.3 is 0 Å². The summed E-state index contributed by atoms with van der Waals surface area (Å²) in [5, 5.41) is 21.0. The first-order chi connectivity index (χ1) is 17.4. The Balaban J connectivity index is 1.40. The number of nitrogens with one attached hydrogen (secondary N) is 2. The van der Waals surface area contributed by atoms with Crippen molar-refractivity contribution in [1.82, 2.24) is 29.4 Å². The summed E-state index contributed by atoms with van der Waals surface area (Å²) in [7, 11) is 1.90. The average Bonchev–Trinajstić information content (AvgIpc) is 3.39. The van der Waals surface area contributed by atoms with Gasteiger partial charge in [-0.2, -0.15) is 0 Å². The fourth-order valence-electron chi connectivity index (χ4n) is 4.31. The normalized spacial score (nSPS) is 14.0. The highest BCUT2D eigenvalue weighted by molar-refractivity contribution is 6.30. The zero-order chi connectivity index (χ0) is 25.2. The number of nitrogens with zero attached hydrogens (tertiary/aromatic N) is 5. The number of aryl methyl sites for hydroxylation is 1. The van der Waals surface area contributed by atoms with Gasteiger partial charge in [0, 0.05) is 37.8 Å². The highest BCUT2D eigenvalue weighted by Crippen LogP contribution is 2.25. The molecule has 1 aliphatic rings. The van der Waals surface area contributed by atoms with Crippen LogP contribution in [0.1, 0.15) is 23.5 Å². The number of allylic oxidation sites excluding steroid dienone is 1. The molecule has 3 aromatic heterocycles. The first-order valence-corrected chi connectivity index (χ1v) is 12.2. The molecule has 1 amide bonds. The van der Waals surface area contributed by atoms with Gasteiger partial charge in [0.15, 0.2) is 5.65 Å². The molecular formula is C26H28ClN7O2. The molecule has 36 heavy (non-hydrogen) atoms.